The lowest BCUT2D eigenvalue weighted by Crippen LogP contribution is -2.40. The van der Waals surface area contributed by atoms with E-state index in [1.807, 2.05) is 6.07 Å². The fraction of sp³-hybridized carbons (Fsp3) is 0.438. The van der Waals surface area contributed by atoms with Gasteiger partial charge in [0.15, 0.2) is 17.3 Å². The van der Waals surface area contributed by atoms with E-state index in [9.17, 15) is 9.59 Å². The summed E-state index contributed by atoms with van der Waals surface area (Å²) in [6.07, 6.45) is 2.36. The zero-order valence-corrected chi connectivity index (χ0v) is 16.0. The largest absolute Gasteiger partial charge is 0.364 e. The molecular formula is C16H23N7O2S. The number of aromatic nitrogens is 3. The van der Waals surface area contributed by atoms with E-state index < -0.39 is 5.91 Å². The normalized spacial score (nSPS) is 12.5. The number of hydrogen-bond acceptors (Lipinski definition) is 9. The second-order valence-corrected chi connectivity index (χ2v) is 7.70. The molecule has 2 rings (SSSR count). The summed E-state index contributed by atoms with van der Waals surface area (Å²) in [4.78, 5) is 30.8. The van der Waals surface area contributed by atoms with Crippen molar-refractivity contribution < 1.29 is 9.59 Å². The van der Waals surface area contributed by atoms with Gasteiger partial charge in [0.25, 0.3) is 5.91 Å². The van der Waals surface area contributed by atoms with Crippen LogP contribution in [0.1, 0.15) is 50.3 Å². The molecule has 2 aromatic heterocycles. The quantitative estimate of drug-likeness (QED) is 0.376. The van der Waals surface area contributed by atoms with Crippen LogP contribution >= 0.6 is 11.5 Å². The summed E-state index contributed by atoms with van der Waals surface area (Å²) >= 11 is 1.25. The third-order valence-electron chi connectivity index (χ3n) is 3.69. The van der Waals surface area contributed by atoms with Gasteiger partial charge in [-0.3, -0.25) is 9.80 Å². The van der Waals surface area contributed by atoms with Crippen LogP contribution in [-0.4, -0.2) is 32.6 Å². The Hall–Kier alpha value is -2.59. The topological polar surface area (TPSA) is 140 Å². The van der Waals surface area contributed by atoms with Gasteiger partial charge in [0, 0.05) is 11.8 Å². The molecule has 0 aliphatic carbocycles. The van der Waals surface area contributed by atoms with Gasteiger partial charge >= 0.3 is 0 Å². The van der Waals surface area contributed by atoms with Crippen molar-refractivity contribution in [2.24, 2.45) is 11.6 Å². The highest BCUT2D eigenvalue weighted by Crippen LogP contribution is 2.29. The molecule has 26 heavy (non-hydrogen) atoms. The maximum absolute atomic E-state index is 11.7. The standard InChI is InChI=1S/C16H23N7O2S/c1-9(5-6-24)23(18)11-8-19-13(14(17)25)15(20-11)21-12-7-10(22-26-12)16(2,3)4/h6-9H,5,18H2,1-4H3,(H2,17,25)(H,20,21). The zero-order valence-electron chi connectivity index (χ0n) is 15.2. The lowest BCUT2D eigenvalue weighted by atomic mass is 9.92. The van der Waals surface area contributed by atoms with Crippen LogP contribution in [0.3, 0.4) is 0 Å². The monoisotopic (exact) mass is 377 g/mol. The summed E-state index contributed by atoms with van der Waals surface area (Å²) in [6, 6.07) is 1.61. The third-order valence-corrected chi connectivity index (χ3v) is 4.39. The number of aldehydes is 1. The molecule has 0 aromatic carbocycles. The highest BCUT2D eigenvalue weighted by molar-refractivity contribution is 7.10. The number of hydrogen-bond donors (Lipinski definition) is 3. The predicted octanol–water partition coefficient (Wildman–Crippen LogP) is 1.73. The van der Waals surface area contributed by atoms with Crippen molar-refractivity contribution in [1.82, 2.24) is 14.3 Å². The molecule has 0 bridgehead atoms. The molecule has 1 atom stereocenters. The van der Waals surface area contributed by atoms with Crippen molar-refractivity contribution in [3.63, 3.8) is 0 Å². The van der Waals surface area contributed by atoms with E-state index in [0.29, 0.717) is 10.8 Å². The average molecular weight is 377 g/mol. The molecule has 0 aliphatic heterocycles. The lowest BCUT2D eigenvalue weighted by Gasteiger charge is -2.24. The van der Waals surface area contributed by atoms with Gasteiger partial charge in [0.1, 0.15) is 11.3 Å². The van der Waals surface area contributed by atoms with Gasteiger partial charge in [-0.05, 0) is 24.5 Å². The number of carbonyl (C=O) groups is 2. The van der Waals surface area contributed by atoms with Gasteiger partial charge in [-0.25, -0.2) is 15.8 Å². The minimum Gasteiger partial charge on any atom is -0.364 e. The smallest absolute Gasteiger partial charge is 0.271 e. The Morgan fingerprint density at radius 1 is 1.46 bits per heavy atom. The van der Waals surface area contributed by atoms with E-state index in [4.69, 9.17) is 11.6 Å². The van der Waals surface area contributed by atoms with Gasteiger partial charge in [0.05, 0.1) is 17.9 Å². The minimum absolute atomic E-state index is 0.00380. The Balaban J connectivity index is 2.35. The molecule has 1 unspecified atom stereocenters. The molecule has 1 amide bonds. The number of primary amides is 1. The van der Waals surface area contributed by atoms with Crippen molar-refractivity contribution in [2.75, 3.05) is 10.3 Å². The van der Waals surface area contributed by atoms with Gasteiger partial charge < -0.3 is 15.8 Å². The average Bonchev–Trinajstić information content (AvgIpc) is 3.03. The number of carbonyl (C=O) groups excluding carboxylic acids is 2. The van der Waals surface area contributed by atoms with Crippen molar-refractivity contribution in [3.05, 3.63) is 23.7 Å². The van der Waals surface area contributed by atoms with Crippen LogP contribution in [0.4, 0.5) is 16.6 Å². The Morgan fingerprint density at radius 3 is 2.69 bits per heavy atom. The van der Waals surface area contributed by atoms with Gasteiger partial charge in [-0.2, -0.15) is 4.37 Å². The van der Waals surface area contributed by atoms with E-state index in [1.54, 1.807) is 6.92 Å². The van der Waals surface area contributed by atoms with E-state index >= 15 is 0 Å². The molecule has 2 aromatic rings. The predicted molar refractivity (Wildman–Crippen MR) is 101 cm³/mol. The molecule has 0 aliphatic rings. The maximum Gasteiger partial charge on any atom is 0.271 e. The number of nitrogens with zero attached hydrogens (tertiary/aromatic N) is 4. The summed E-state index contributed by atoms with van der Waals surface area (Å²) in [6.45, 7) is 7.95. The van der Waals surface area contributed by atoms with Gasteiger partial charge in [-0.15, -0.1) is 0 Å². The van der Waals surface area contributed by atoms with Crippen LogP contribution in [0.15, 0.2) is 12.3 Å². The highest BCUT2D eigenvalue weighted by Gasteiger charge is 2.21. The number of nitrogens with one attached hydrogen (secondary N) is 1. The maximum atomic E-state index is 11.7. The summed E-state index contributed by atoms with van der Waals surface area (Å²) < 4.78 is 4.41. The van der Waals surface area contributed by atoms with Crippen molar-refractivity contribution in [3.8, 4) is 0 Å². The lowest BCUT2D eigenvalue weighted by molar-refractivity contribution is -0.108. The first-order chi connectivity index (χ1) is 12.1. The van der Waals surface area contributed by atoms with E-state index in [1.165, 1.54) is 22.7 Å². The molecule has 0 saturated heterocycles. The molecule has 0 fully saturated rings. The minimum atomic E-state index is -0.711. The molecule has 9 nitrogen and oxygen atoms in total. The Bertz CT molecular complexity index is 800. The number of rotatable bonds is 7. The molecule has 0 radical (unpaired) electrons. The summed E-state index contributed by atoms with van der Waals surface area (Å²) in [5.41, 5.74) is 6.20. The molecule has 140 valence electrons. The Kier molecular flexibility index (Phi) is 5.88. The number of nitrogens with two attached hydrogens (primary N) is 2. The molecule has 0 spiro atoms. The van der Waals surface area contributed by atoms with Crippen LogP contribution in [-0.2, 0) is 10.2 Å². The highest BCUT2D eigenvalue weighted by atomic mass is 32.1. The van der Waals surface area contributed by atoms with Crippen LogP contribution in [0.2, 0.25) is 0 Å². The summed E-state index contributed by atoms with van der Waals surface area (Å²) in [5, 5.41) is 5.07. The Morgan fingerprint density at radius 2 is 2.15 bits per heavy atom. The Labute approximate surface area is 155 Å². The molecule has 5 N–H and O–H groups in total. The molecule has 2 heterocycles. The fourth-order valence-corrected chi connectivity index (χ4v) is 2.88. The van der Waals surface area contributed by atoms with Crippen molar-refractivity contribution in [2.45, 2.75) is 45.6 Å². The van der Waals surface area contributed by atoms with Crippen LogP contribution in [0.25, 0.3) is 0 Å². The van der Waals surface area contributed by atoms with Crippen LogP contribution in [0, 0.1) is 0 Å². The molecular weight excluding hydrogens is 354 g/mol. The van der Waals surface area contributed by atoms with E-state index in [-0.39, 0.29) is 29.4 Å². The first kappa shape index (κ1) is 19.7. The van der Waals surface area contributed by atoms with E-state index in [0.717, 1.165) is 12.0 Å². The first-order valence-corrected chi connectivity index (χ1v) is 8.79. The van der Waals surface area contributed by atoms with Crippen molar-refractivity contribution in [1.29, 1.82) is 0 Å². The molecule has 0 saturated carbocycles. The number of anilines is 3. The summed E-state index contributed by atoms with van der Waals surface area (Å²) in [5.74, 6) is 5.78. The van der Waals surface area contributed by atoms with Gasteiger partial charge in [-0.1, -0.05) is 20.8 Å². The number of hydrazine groups is 1. The van der Waals surface area contributed by atoms with Crippen LogP contribution in [0.5, 0.6) is 0 Å². The van der Waals surface area contributed by atoms with Crippen LogP contribution < -0.4 is 21.9 Å². The number of amides is 1. The summed E-state index contributed by atoms with van der Waals surface area (Å²) in [7, 11) is 0. The fourth-order valence-electron chi connectivity index (χ4n) is 2.05. The van der Waals surface area contributed by atoms with Gasteiger partial charge in [0.2, 0.25) is 0 Å². The SMILES string of the molecule is CC(CC=O)N(N)c1cnc(C(N)=O)c(Nc2cc(C(C)(C)C)ns2)n1. The second-order valence-electron chi connectivity index (χ2n) is 6.90. The molecule has 10 heteroatoms. The second kappa shape index (κ2) is 7.75. The zero-order chi connectivity index (χ0) is 19.5. The third kappa shape index (κ3) is 4.52. The van der Waals surface area contributed by atoms with Crippen molar-refractivity contribution >= 4 is 40.4 Å². The van der Waals surface area contributed by atoms with E-state index in [2.05, 4.69) is 40.4 Å². The first-order valence-electron chi connectivity index (χ1n) is 8.02.